The number of ether oxygens (including phenoxy) is 1. The van der Waals surface area contributed by atoms with Gasteiger partial charge >= 0.3 is 6.61 Å². The average molecular weight is 202 g/mol. The average Bonchev–Trinajstić information content (AvgIpc) is 2.03. The Bertz CT molecular complexity index is 240. The van der Waals surface area contributed by atoms with E-state index in [4.69, 9.17) is 0 Å². The molecule has 0 aliphatic heterocycles. The van der Waals surface area contributed by atoms with Crippen molar-refractivity contribution >= 4 is 0 Å². The van der Waals surface area contributed by atoms with E-state index in [9.17, 15) is 8.78 Å². The highest BCUT2D eigenvalue weighted by molar-refractivity contribution is 5.24. The Hall–Kier alpha value is -1.12. The molecule has 0 amide bonds. The normalized spacial score (nSPS) is 13.6. The highest BCUT2D eigenvalue weighted by atomic mass is 19.3. The molecule has 0 spiro atoms. The fourth-order valence-corrected chi connectivity index (χ4v) is 0.890. The molecule has 0 heterocycles. The van der Waals surface area contributed by atoms with Crippen LogP contribution in [0.5, 0.6) is 0 Å². The van der Waals surface area contributed by atoms with Crippen LogP contribution in [0.3, 0.4) is 0 Å². The van der Waals surface area contributed by atoms with Gasteiger partial charge in [-0.3, -0.25) is 0 Å². The summed E-state index contributed by atoms with van der Waals surface area (Å²) in [4.78, 5) is 0. The maximum Gasteiger partial charge on any atom is 0.387 e. The summed E-state index contributed by atoms with van der Waals surface area (Å²) >= 11 is 0. The van der Waals surface area contributed by atoms with Crippen molar-refractivity contribution in [2.45, 2.75) is 27.4 Å². The summed E-state index contributed by atoms with van der Waals surface area (Å²) in [7, 11) is 0. The van der Waals surface area contributed by atoms with Gasteiger partial charge in [0, 0.05) is 0 Å². The Morgan fingerprint density at radius 2 is 1.86 bits per heavy atom. The molecule has 0 aromatic carbocycles. The van der Waals surface area contributed by atoms with Gasteiger partial charge in [-0.05, 0) is 24.5 Å². The highest BCUT2D eigenvalue weighted by Gasteiger charge is 2.01. The maximum atomic E-state index is 11.7. The third-order valence-corrected chi connectivity index (χ3v) is 1.69. The predicted molar refractivity (Wildman–Crippen MR) is 54.0 cm³/mol. The van der Waals surface area contributed by atoms with E-state index in [1.165, 1.54) is 13.0 Å². The van der Waals surface area contributed by atoms with E-state index in [1.54, 1.807) is 12.2 Å². The first-order chi connectivity index (χ1) is 6.47. The Labute approximate surface area is 83.8 Å². The van der Waals surface area contributed by atoms with Gasteiger partial charge in [0.15, 0.2) is 0 Å². The summed E-state index contributed by atoms with van der Waals surface area (Å²) in [6, 6.07) is 0. The van der Waals surface area contributed by atoms with Crippen molar-refractivity contribution < 1.29 is 13.5 Å². The Morgan fingerprint density at radius 1 is 1.29 bits per heavy atom. The molecule has 0 fully saturated rings. The summed E-state index contributed by atoms with van der Waals surface area (Å²) < 4.78 is 27.7. The molecule has 3 heteroatoms. The maximum absolute atomic E-state index is 11.7. The van der Waals surface area contributed by atoms with Crippen LogP contribution in [-0.4, -0.2) is 6.61 Å². The second kappa shape index (κ2) is 6.35. The van der Waals surface area contributed by atoms with Crippen molar-refractivity contribution in [3.05, 3.63) is 36.1 Å². The number of hydrogen-bond acceptors (Lipinski definition) is 1. The van der Waals surface area contributed by atoms with E-state index < -0.39 is 6.61 Å². The molecule has 0 saturated carbocycles. The van der Waals surface area contributed by atoms with Gasteiger partial charge in [-0.2, -0.15) is 8.78 Å². The number of halogens is 2. The van der Waals surface area contributed by atoms with E-state index in [-0.39, 0.29) is 5.76 Å². The second-order valence-electron chi connectivity index (χ2n) is 3.18. The van der Waals surface area contributed by atoms with Gasteiger partial charge in [0.05, 0.1) is 5.76 Å². The van der Waals surface area contributed by atoms with Gasteiger partial charge in [-0.25, -0.2) is 0 Å². The van der Waals surface area contributed by atoms with Crippen LogP contribution in [0.2, 0.25) is 0 Å². The lowest BCUT2D eigenvalue weighted by Crippen LogP contribution is -1.96. The number of allylic oxidation sites excluding steroid dienone is 5. The molecule has 1 nitrogen and oxygen atoms in total. The molecule has 0 bridgehead atoms. The zero-order valence-electron chi connectivity index (χ0n) is 8.76. The zero-order valence-corrected chi connectivity index (χ0v) is 8.76. The standard InChI is InChI=1S/C11H16F2O/c1-5-10(8(2)3)7-6-9(4)14-11(12)13/h5-8,11H,1H2,2-4H3/b9-6+,10-7+. The van der Waals surface area contributed by atoms with E-state index in [0.29, 0.717) is 5.92 Å². The Kier molecular flexibility index (Phi) is 5.84. The van der Waals surface area contributed by atoms with Gasteiger partial charge < -0.3 is 4.74 Å². The first-order valence-corrected chi connectivity index (χ1v) is 4.43. The lowest BCUT2D eigenvalue weighted by Gasteiger charge is -2.05. The van der Waals surface area contributed by atoms with Crippen LogP contribution in [-0.2, 0) is 4.74 Å². The van der Waals surface area contributed by atoms with E-state index in [0.717, 1.165) is 5.57 Å². The SMILES string of the molecule is C=C/C(=C\C=C(/C)OC(F)F)C(C)C. The molecule has 0 N–H and O–H groups in total. The van der Waals surface area contributed by atoms with Crippen molar-refractivity contribution in [1.29, 1.82) is 0 Å². The number of hydrogen-bond donors (Lipinski definition) is 0. The zero-order chi connectivity index (χ0) is 11.1. The first-order valence-electron chi connectivity index (χ1n) is 4.43. The van der Waals surface area contributed by atoms with E-state index in [2.05, 4.69) is 11.3 Å². The van der Waals surface area contributed by atoms with Crippen molar-refractivity contribution in [3.8, 4) is 0 Å². The minimum Gasteiger partial charge on any atom is -0.440 e. The summed E-state index contributed by atoms with van der Waals surface area (Å²) in [5.74, 6) is 0.517. The van der Waals surface area contributed by atoms with Gasteiger partial charge in [0.1, 0.15) is 0 Å². The quantitative estimate of drug-likeness (QED) is 0.485. The summed E-state index contributed by atoms with van der Waals surface area (Å²) in [5, 5.41) is 0. The molecule has 0 aromatic rings. The van der Waals surface area contributed by atoms with Crippen LogP contribution in [0, 0.1) is 5.92 Å². The lowest BCUT2D eigenvalue weighted by molar-refractivity contribution is -0.0953. The van der Waals surface area contributed by atoms with Gasteiger partial charge in [-0.15, -0.1) is 0 Å². The minimum atomic E-state index is -2.76. The van der Waals surface area contributed by atoms with Gasteiger partial charge in [0.2, 0.25) is 0 Å². The molecule has 0 unspecified atom stereocenters. The van der Waals surface area contributed by atoms with Crippen molar-refractivity contribution in [2.24, 2.45) is 5.92 Å². The van der Waals surface area contributed by atoms with Crippen LogP contribution >= 0.6 is 0 Å². The van der Waals surface area contributed by atoms with Crippen LogP contribution in [0.15, 0.2) is 36.1 Å². The van der Waals surface area contributed by atoms with E-state index >= 15 is 0 Å². The molecule has 0 saturated heterocycles. The van der Waals surface area contributed by atoms with Crippen molar-refractivity contribution in [3.63, 3.8) is 0 Å². The largest absolute Gasteiger partial charge is 0.440 e. The van der Waals surface area contributed by atoms with Gasteiger partial charge in [-0.1, -0.05) is 32.6 Å². The minimum absolute atomic E-state index is 0.194. The molecule has 0 radical (unpaired) electrons. The smallest absolute Gasteiger partial charge is 0.387 e. The van der Waals surface area contributed by atoms with Gasteiger partial charge in [0.25, 0.3) is 0 Å². The van der Waals surface area contributed by atoms with Crippen LogP contribution < -0.4 is 0 Å². The Balaban J connectivity index is 4.41. The number of rotatable bonds is 5. The molecule has 14 heavy (non-hydrogen) atoms. The molecule has 80 valence electrons. The third kappa shape index (κ3) is 5.51. The number of alkyl halides is 2. The predicted octanol–water partition coefficient (Wildman–Crippen LogP) is 3.90. The molecule has 0 rings (SSSR count). The monoisotopic (exact) mass is 202 g/mol. The fraction of sp³-hybridized carbons (Fsp3) is 0.455. The summed E-state index contributed by atoms with van der Waals surface area (Å²) in [6.45, 7) is 6.38. The lowest BCUT2D eigenvalue weighted by atomic mass is 10.0. The topological polar surface area (TPSA) is 9.23 Å². The second-order valence-corrected chi connectivity index (χ2v) is 3.18. The highest BCUT2D eigenvalue weighted by Crippen LogP contribution is 2.12. The molecular formula is C11H16F2O. The van der Waals surface area contributed by atoms with Crippen molar-refractivity contribution in [1.82, 2.24) is 0 Å². The first kappa shape index (κ1) is 12.9. The molecule has 0 atom stereocenters. The summed E-state index contributed by atoms with van der Waals surface area (Å²) in [6.07, 6.45) is 4.95. The molecule has 0 aliphatic rings. The van der Waals surface area contributed by atoms with E-state index in [1.807, 2.05) is 13.8 Å². The third-order valence-electron chi connectivity index (χ3n) is 1.69. The van der Waals surface area contributed by atoms with Crippen LogP contribution in [0.25, 0.3) is 0 Å². The van der Waals surface area contributed by atoms with Crippen molar-refractivity contribution in [2.75, 3.05) is 0 Å². The molecular weight excluding hydrogens is 186 g/mol. The van der Waals surface area contributed by atoms with Crippen LogP contribution in [0.1, 0.15) is 20.8 Å². The molecule has 0 aromatic heterocycles. The fourth-order valence-electron chi connectivity index (χ4n) is 0.890. The summed E-state index contributed by atoms with van der Waals surface area (Å²) in [5.41, 5.74) is 0.988. The Morgan fingerprint density at radius 3 is 2.21 bits per heavy atom. The molecule has 0 aliphatic carbocycles. The van der Waals surface area contributed by atoms with Crippen LogP contribution in [0.4, 0.5) is 8.78 Å².